The fraction of sp³-hybridized carbons (Fsp3) is 0.562. The van der Waals surface area contributed by atoms with Crippen molar-refractivity contribution in [3.8, 4) is 0 Å². The summed E-state index contributed by atoms with van der Waals surface area (Å²) >= 11 is 0. The number of amides is 1. The van der Waals surface area contributed by atoms with Crippen LogP contribution in [0.15, 0.2) is 16.8 Å². The molecule has 1 aliphatic heterocycles. The zero-order valence-corrected chi connectivity index (χ0v) is 13.4. The minimum Gasteiger partial charge on any atom is -0.361 e. The molecule has 22 heavy (non-hydrogen) atoms. The molecule has 2 aromatic heterocycles. The van der Waals surface area contributed by atoms with Gasteiger partial charge in [-0.2, -0.15) is 5.10 Å². The van der Waals surface area contributed by atoms with E-state index in [1.54, 1.807) is 16.9 Å². The Kier molecular flexibility index (Phi) is 4.00. The van der Waals surface area contributed by atoms with Crippen LogP contribution in [0.3, 0.4) is 0 Å². The van der Waals surface area contributed by atoms with Crippen LogP contribution in [-0.2, 0) is 13.0 Å². The Morgan fingerprint density at radius 3 is 3.00 bits per heavy atom. The van der Waals surface area contributed by atoms with E-state index < -0.39 is 0 Å². The van der Waals surface area contributed by atoms with Crippen LogP contribution in [0.25, 0.3) is 0 Å². The maximum Gasteiger partial charge on any atom is 0.272 e. The van der Waals surface area contributed by atoms with Crippen LogP contribution in [-0.4, -0.2) is 32.3 Å². The molecule has 6 heteroatoms. The maximum absolute atomic E-state index is 12.9. The first-order valence-electron chi connectivity index (χ1n) is 7.95. The molecule has 1 atom stereocenters. The maximum atomic E-state index is 12.9. The van der Waals surface area contributed by atoms with Crippen LogP contribution in [0.1, 0.15) is 60.2 Å². The molecule has 0 unspecified atom stereocenters. The van der Waals surface area contributed by atoms with Crippen LogP contribution in [0.4, 0.5) is 0 Å². The molecular formula is C16H22N4O2. The zero-order valence-electron chi connectivity index (χ0n) is 13.4. The van der Waals surface area contributed by atoms with E-state index in [4.69, 9.17) is 4.52 Å². The monoisotopic (exact) mass is 302 g/mol. The molecule has 1 saturated heterocycles. The highest BCUT2D eigenvalue weighted by molar-refractivity contribution is 5.93. The molecule has 3 rings (SSSR count). The second-order valence-electron chi connectivity index (χ2n) is 5.65. The van der Waals surface area contributed by atoms with Crippen molar-refractivity contribution >= 4 is 5.91 Å². The van der Waals surface area contributed by atoms with Gasteiger partial charge in [-0.05, 0) is 32.8 Å². The molecule has 0 N–H and O–H groups in total. The third-order valence-corrected chi connectivity index (χ3v) is 4.39. The van der Waals surface area contributed by atoms with Gasteiger partial charge in [-0.25, -0.2) is 0 Å². The van der Waals surface area contributed by atoms with Gasteiger partial charge in [0.1, 0.15) is 11.5 Å². The summed E-state index contributed by atoms with van der Waals surface area (Å²) in [5, 5.41) is 8.30. The van der Waals surface area contributed by atoms with Gasteiger partial charge in [-0.3, -0.25) is 9.48 Å². The number of rotatable bonds is 4. The summed E-state index contributed by atoms with van der Waals surface area (Å²) in [5.74, 6) is 0.940. The predicted octanol–water partition coefficient (Wildman–Crippen LogP) is 2.74. The lowest BCUT2D eigenvalue weighted by Crippen LogP contribution is -2.32. The van der Waals surface area contributed by atoms with E-state index in [0.29, 0.717) is 12.2 Å². The standard InChI is InChI=1S/C16H22N4O2/c1-4-14-15(11(3)18-22-14)12-7-6-10-19(12)16(21)13-8-9-17-20(13)5-2/h8-9,12H,4-7,10H2,1-3H3/t12-/m1/s1. The van der Waals surface area contributed by atoms with Gasteiger partial charge >= 0.3 is 0 Å². The summed E-state index contributed by atoms with van der Waals surface area (Å²) in [6, 6.07) is 1.86. The molecule has 2 aromatic rings. The van der Waals surface area contributed by atoms with E-state index in [2.05, 4.69) is 17.2 Å². The highest BCUT2D eigenvalue weighted by atomic mass is 16.5. The number of aromatic nitrogens is 3. The molecule has 1 fully saturated rings. The van der Waals surface area contributed by atoms with Gasteiger partial charge in [0.05, 0.1) is 11.7 Å². The van der Waals surface area contributed by atoms with Crippen molar-refractivity contribution in [1.29, 1.82) is 0 Å². The lowest BCUT2D eigenvalue weighted by atomic mass is 10.0. The Morgan fingerprint density at radius 2 is 2.27 bits per heavy atom. The third-order valence-electron chi connectivity index (χ3n) is 4.39. The fourth-order valence-electron chi connectivity index (χ4n) is 3.33. The molecule has 0 bridgehead atoms. The first-order chi connectivity index (χ1) is 10.7. The fourth-order valence-corrected chi connectivity index (χ4v) is 3.33. The van der Waals surface area contributed by atoms with E-state index in [-0.39, 0.29) is 11.9 Å². The molecule has 1 aliphatic rings. The lowest BCUT2D eigenvalue weighted by molar-refractivity contribution is 0.0722. The predicted molar refractivity (Wildman–Crippen MR) is 81.5 cm³/mol. The van der Waals surface area contributed by atoms with Gasteiger partial charge in [0.2, 0.25) is 0 Å². The first-order valence-corrected chi connectivity index (χ1v) is 7.95. The van der Waals surface area contributed by atoms with E-state index in [1.165, 1.54) is 0 Å². The molecule has 0 aliphatic carbocycles. The quantitative estimate of drug-likeness (QED) is 0.871. The summed E-state index contributed by atoms with van der Waals surface area (Å²) in [4.78, 5) is 14.9. The van der Waals surface area contributed by atoms with E-state index in [1.807, 2.05) is 18.7 Å². The van der Waals surface area contributed by atoms with Crippen molar-refractivity contribution in [3.63, 3.8) is 0 Å². The van der Waals surface area contributed by atoms with Crippen molar-refractivity contribution in [3.05, 3.63) is 35.0 Å². The number of carbonyl (C=O) groups is 1. The van der Waals surface area contributed by atoms with Gasteiger partial charge in [0.25, 0.3) is 5.91 Å². The van der Waals surface area contributed by atoms with Crippen LogP contribution in [0.5, 0.6) is 0 Å². The molecule has 0 radical (unpaired) electrons. The smallest absolute Gasteiger partial charge is 0.272 e. The largest absolute Gasteiger partial charge is 0.361 e. The van der Waals surface area contributed by atoms with Gasteiger partial charge < -0.3 is 9.42 Å². The summed E-state index contributed by atoms with van der Waals surface area (Å²) in [7, 11) is 0. The average Bonchev–Trinajstić information content (AvgIpc) is 3.24. The molecule has 0 aromatic carbocycles. The Morgan fingerprint density at radius 1 is 1.45 bits per heavy atom. The molecule has 0 saturated carbocycles. The Bertz CT molecular complexity index is 673. The normalized spacial score (nSPS) is 18.1. The first kappa shape index (κ1) is 14.8. The van der Waals surface area contributed by atoms with Crippen molar-refractivity contribution in [2.75, 3.05) is 6.54 Å². The van der Waals surface area contributed by atoms with Crippen molar-refractivity contribution in [1.82, 2.24) is 19.8 Å². The summed E-state index contributed by atoms with van der Waals surface area (Å²) in [6.45, 7) is 7.46. The summed E-state index contributed by atoms with van der Waals surface area (Å²) < 4.78 is 7.16. The zero-order chi connectivity index (χ0) is 15.7. The molecule has 0 spiro atoms. The topological polar surface area (TPSA) is 64.2 Å². The van der Waals surface area contributed by atoms with Crippen molar-refractivity contribution in [2.45, 2.75) is 52.6 Å². The number of likely N-dealkylation sites (tertiary alicyclic amines) is 1. The van der Waals surface area contributed by atoms with E-state index >= 15 is 0 Å². The molecule has 3 heterocycles. The van der Waals surface area contributed by atoms with Gasteiger partial charge in [-0.15, -0.1) is 0 Å². The number of hydrogen-bond acceptors (Lipinski definition) is 4. The molecule has 1 amide bonds. The van der Waals surface area contributed by atoms with Gasteiger partial charge in [-0.1, -0.05) is 12.1 Å². The van der Waals surface area contributed by atoms with Crippen molar-refractivity contribution < 1.29 is 9.32 Å². The average molecular weight is 302 g/mol. The SMILES string of the molecule is CCc1onc(C)c1[C@H]1CCCN1C(=O)c1ccnn1CC. The number of carbonyl (C=O) groups excluding carboxylic acids is 1. The highest BCUT2D eigenvalue weighted by Crippen LogP contribution is 2.36. The Hall–Kier alpha value is -2.11. The second-order valence-corrected chi connectivity index (χ2v) is 5.65. The minimum atomic E-state index is 0.0458. The van der Waals surface area contributed by atoms with E-state index in [0.717, 1.165) is 42.8 Å². The number of hydrogen-bond donors (Lipinski definition) is 0. The molecule has 118 valence electrons. The van der Waals surface area contributed by atoms with Crippen LogP contribution < -0.4 is 0 Å². The Labute approximate surface area is 130 Å². The Balaban J connectivity index is 1.93. The van der Waals surface area contributed by atoms with Gasteiger partial charge in [0.15, 0.2) is 0 Å². The van der Waals surface area contributed by atoms with Gasteiger partial charge in [0, 0.05) is 31.3 Å². The lowest BCUT2D eigenvalue weighted by Gasteiger charge is -2.25. The minimum absolute atomic E-state index is 0.0458. The van der Waals surface area contributed by atoms with Crippen LogP contribution >= 0.6 is 0 Å². The molecular weight excluding hydrogens is 280 g/mol. The summed E-state index contributed by atoms with van der Waals surface area (Å²) in [6.07, 6.45) is 4.44. The number of aryl methyl sites for hydroxylation is 3. The number of nitrogens with zero attached hydrogens (tertiary/aromatic N) is 4. The second kappa shape index (κ2) is 5.94. The van der Waals surface area contributed by atoms with Crippen LogP contribution in [0.2, 0.25) is 0 Å². The molecule has 6 nitrogen and oxygen atoms in total. The van der Waals surface area contributed by atoms with Crippen molar-refractivity contribution in [2.24, 2.45) is 0 Å². The summed E-state index contributed by atoms with van der Waals surface area (Å²) in [5.41, 5.74) is 2.64. The highest BCUT2D eigenvalue weighted by Gasteiger charge is 2.35. The van der Waals surface area contributed by atoms with Crippen LogP contribution in [0, 0.1) is 6.92 Å². The third kappa shape index (κ3) is 2.32. The van der Waals surface area contributed by atoms with E-state index in [9.17, 15) is 4.79 Å².